The lowest BCUT2D eigenvalue weighted by atomic mass is 9.93. The molecule has 2 heterocycles. The third-order valence-electron chi connectivity index (χ3n) is 6.71. The van der Waals surface area contributed by atoms with Crippen molar-refractivity contribution in [3.8, 4) is 0 Å². The highest BCUT2D eigenvalue weighted by Crippen LogP contribution is 2.17. The number of allylic oxidation sites excluding steroid dienone is 1. The van der Waals surface area contributed by atoms with Crippen LogP contribution < -0.4 is 21.5 Å². The van der Waals surface area contributed by atoms with Crippen LogP contribution in [0.15, 0.2) is 47.8 Å². The summed E-state index contributed by atoms with van der Waals surface area (Å²) in [7, 11) is 2.90. The lowest BCUT2D eigenvalue weighted by Crippen LogP contribution is -2.45. The Hall–Kier alpha value is -4.22. The number of carbonyl (C=O) groups is 4. The summed E-state index contributed by atoms with van der Waals surface area (Å²) in [6.07, 6.45) is 11.6. The Morgan fingerprint density at radius 1 is 1.15 bits per heavy atom. The van der Waals surface area contributed by atoms with Gasteiger partial charge in [-0.1, -0.05) is 39.2 Å². The van der Waals surface area contributed by atoms with Crippen LogP contribution in [0.5, 0.6) is 0 Å². The van der Waals surface area contributed by atoms with E-state index in [0.717, 1.165) is 25.7 Å². The van der Waals surface area contributed by atoms with Crippen molar-refractivity contribution in [3.63, 3.8) is 0 Å². The molecular weight excluding hydrogens is 528 g/mol. The Bertz CT molecular complexity index is 1270. The van der Waals surface area contributed by atoms with E-state index in [2.05, 4.69) is 39.5 Å². The molecule has 0 bridgehead atoms. The van der Waals surface area contributed by atoms with Gasteiger partial charge in [0.2, 0.25) is 11.8 Å². The summed E-state index contributed by atoms with van der Waals surface area (Å²) in [5, 5.41) is 8.20. The van der Waals surface area contributed by atoms with E-state index in [4.69, 9.17) is 0 Å². The van der Waals surface area contributed by atoms with Crippen molar-refractivity contribution in [2.75, 3.05) is 12.4 Å². The molecule has 2 aromatic rings. The summed E-state index contributed by atoms with van der Waals surface area (Å²) in [6, 6.07) is 1.93. The molecule has 0 saturated carbocycles. The van der Waals surface area contributed by atoms with Gasteiger partial charge in [-0.2, -0.15) is 0 Å². The van der Waals surface area contributed by atoms with Gasteiger partial charge in [-0.3, -0.25) is 19.2 Å². The van der Waals surface area contributed by atoms with Crippen LogP contribution in [0.25, 0.3) is 0 Å². The van der Waals surface area contributed by atoms with Gasteiger partial charge in [0.1, 0.15) is 24.0 Å². The van der Waals surface area contributed by atoms with Crippen LogP contribution in [0, 0.1) is 5.92 Å². The summed E-state index contributed by atoms with van der Waals surface area (Å²) >= 11 is 0. The Labute approximate surface area is 240 Å². The number of hydrogen-bond acceptors (Lipinski definition) is 7. The van der Waals surface area contributed by atoms with Gasteiger partial charge in [0, 0.05) is 25.4 Å². The highest BCUT2D eigenvalue weighted by Gasteiger charge is 2.23. The molecule has 0 saturated heterocycles. The van der Waals surface area contributed by atoms with Gasteiger partial charge < -0.3 is 29.8 Å². The van der Waals surface area contributed by atoms with Crippen molar-refractivity contribution in [3.05, 3.63) is 59.1 Å². The second kappa shape index (κ2) is 16.8. The predicted octanol–water partition coefficient (Wildman–Crippen LogP) is 2.55. The highest BCUT2D eigenvalue weighted by atomic mass is 16.5. The fourth-order valence-corrected chi connectivity index (χ4v) is 4.49. The molecule has 3 atom stereocenters. The first-order valence-corrected chi connectivity index (χ1v) is 13.9. The van der Waals surface area contributed by atoms with Crippen molar-refractivity contribution in [1.29, 1.82) is 0 Å². The number of aromatic nitrogens is 3. The minimum atomic E-state index is -1.04. The zero-order valence-corrected chi connectivity index (χ0v) is 24.5. The van der Waals surface area contributed by atoms with Gasteiger partial charge >= 0.3 is 5.97 Å². The summed E-state index contributed by atoms with van der Waals surface area (Å²) < 4.78 is 7.30. The minimum Gasteiger partial charge on any atom is -0.466 e. The van der Waals surface area contributed by atoms with Crippen molar-refractivity contribution in [2.24, 2.45) is 13.0 Å². The molecule has 224 valence electrons. The van der Waals surface area contributed by atoms with E-state index in [-0.39, 0.29) is 42.7 Å². The van der Waals surface area contributed by atoms with Crippen LogP contribution in [0.3, 0.4) is 0 Å². The lowest BCUT2D eigenvalue weighted by molar-refractivity contribution is -0.134. The molecule has 3 amide bonds. The van der Waals surface area contributed by atoms with Crippen molar-refractivity contribution in [2.45, 2.75) is 77.9 Å². The maximum atomic E-state index is 13.2. The lowest BCUT2D eigenvalue weighted by Gasteiger charge is -2.21. The second-order valence-electron chi connectivity index (χ2n) is 10.0. The topological polar surface area (TPSA) is 153 Å². The minimum absolute atomic E-state index is 0.0303. The maximum Gasteiger partial charge on any atom is 0.330 e. The van der Waals surface area contributed by atoms with E-state index in [9.17, 15) is 24.0 Å². The summed E-state index contributed by atoms with van der Waals surface area (Å²) in [5.41, 5.74) is -0.337. The quantitative estimate of drug-likeness (QED) is 0.207. The zero-order chi connectivity index (χ0) is 30.4. The fraction of sp³-hybridized carbons (Fsp3) is 0.517. The third kappa shape index (κ3) is 10.7. The standard InChI is InChI=1S/C29H42N6O6/c1-6-11-21(7-2)16-20(3)31-25(36)18-35-15-10-13-23(29(35)40)33-27(38)22(12-8-9-14-26(37)41-5)32-28(39)24-17-30-19-34(24)4/h9-10,13-15,17,19-22H,6-8,11-12,16,18H2,1-5H3,(H,31,36)(H,32,39)(H,33,38)/b14-9+/t20?,21?,22-/m0/s1. The summed E-state index contributed by atoms with van der Waals surface area (Å²) in [4.78, 5) is 67.0. The molecule has 0 spiro atoms. The van der Waals surface area contributed by atoms with Crippen LogP contribution in [-0.4, -0.2) is 57.0 Å². The number of hydrogen-bond donors (Lipinski definition) is 3. The van der Waals surface area contributed by atoms with E-state index < -0.39 is 29.4 Å². The van der Waals surface area contributed by atoms with Gasteiger partial charge in [-0.15, -0.1) is 0 Å². The van der Waals surface area contributed by atoms with Crippen LogP contribution in [0.2, 0.25) is 0 Å². The highest BCUT2D eigenvalue weighted by molar-refractivity contribution is 6.00. The van der Waals surface area contributed by atoms with E-state index in [1.807, 2.05) is 6.92 Å². The average molecular weight is 571 g/mol. The smallest absolute Gasteiger partial charge is 0.330 e. The van der Waals surface area contributed by atoms with Crippen LogP contribution in [0.4, 0.5) is 5.69 Å². The van der Waals surface area contributed by atoms with Gasteiger partial charge in [0.25, 0.3) is 11.5 Å². The first-order chi connectivity index (χ1) is 19.6. The molecule has 0 radical (unpaired) electrons. The first kappa shape index (κ1) is 33.0. The van der Waals surface area contributed by atoms with E-state index in [1.165, 1.54) is 53.2 Å². The first-order valence-electron chi connectivity index (χ1n) is 13.9. The molecule has 3 N–H and O–H groups in total. The Morgan fingerprint density at radius 3 is 2.54 bits per heavy atom. The molecule has 0 aliphatic carbocycles. The number of nitrogens with zero attached hydrogens (tertiary/aromatic N) is 3. The fourth-order valence-electron chi connectivity index (χ4n) is 4.49. The number of rotatable bonds is 16. The van der Waals surface area contributed by atoms with E-state index in [1.54, 1.807) is 13.1 Å². The molecule has 2 rings (SSSR count). The van der Waals surface area contributed by atoms with Crippen molar-refractivity contribution >= 4 is 29.4 Å². The number of amides is 3. The molecule has 2 aromatic heterocycles. The van der Waals surface area contributed by atoms with Crippen molar-refractivity contribution in [1.82, 2.24) is 24.8 Å². The Kier molecular flexibility index (Phi) is 13.5. The monoisotopic (exact) mass is 570 g/mol. The van der Waals surface area contributed by atoms with Crippen molar-refractivity contribution < 1.29 is 23.9 Å². The van der Waals surface area contributed by atoms with Crippen LogP contribution >= 0.6 is 0 Å². The number of pyridine rings is 1. The molecule has 41 heavy (non-hydrogen) atoms. The number of imidazole rings is 1. The molecule has 12 heteroatoms. The van der Waals surface area contributed by atoms with Gasteiger partial charge in [-0.05, 0) is 44.2 Å². The number of esters is 1. The zero-order valence-electron chi connectivity index (χ0n) is 24.5. The second-order valence-corrected chi connectivity index (χ2v) is 10.0. The molecule has 2 unspecified atom stereocenters. The summed E-state index contributed by atoms with van der Waals surface area (Å²) in [5.74, 6) is -1.46. The molecule has 0 fully saturated rings. The molecule has 0 aliphatic heterocycles. The number of aryl methyl sites for hydroxylation is 1. The number of ether oxygens (including phenoxy) is 1. The normalized spacial score (nSPS) is 13.3. The molecule has 12 nitrogen and oxygen atoms in total. The third-order valence-corrected chi connectivity index (χ3v) is 6.71. The number of nitrogens with one attached hydrogen (secondary N) is 3. The molecular formula is C29H42N6O6. The molecule has 0 aromatic carbocycles. The van der Waals surface area contributed by atoms with Gasteiger partial charge in [-0.25, -0.2) is 9.78 Å². The Balaban J connectivity index is 2.11. The average Bonchev–Trinajstić information content (AvgIpc) is 3.37. The number of carbonyl (C=O) groups excluding carboxylic acids is 4. The van der Waals surface area contributed by atoms with Crippen LogP contribution in [-0.2, 0) is 32.7 Å². The Morgan fingerprint density at radius 2 is 1.90 bits per heavy atom. The van der Waals surface area contributed by atoms with Gasteiger partial charge in [0.05, 0.1) is 19.6 Å². The molecule has 0 aliphatic rings. The van der Waals surface area contributed by atoms with Gasteiger partial charge in [0.15, 0.2) is 0 Å². The van der Waals surface area contributed by atoms with Crippen LogP contribution in [0.1, 0.15) is 69.8 Å². The SMILES string of the molecule is CCCC(CC)CC(C)NC(=O)Cn1cccc(NC(=O)[C@H](CC/C=C/C(=O)OC)NC(=O)c2cncn2C)c1=O. The maximum absolute atomic E-state index is 13.2. The van der Waals surface area contributed by atoms with E-state index in [0.29, 0.717) is 5.92 Å². The predicted molar refractivity (Wildman–Crippen MR) is 155 cm³/mol. The largest absolute Gasteiger partial charge is 0.466 e. The number of methoxy groups -OCH3 is 1. The summed E-state index contributed by atoms with van der Waals surface area (Å²) in [6.45, 7) is 6.04. The number of anilines is 1. The van der Waals surface area contributed by atoms with E-state index >= 15 is 0 Å².